The predicted octanol–water partition coefficient (Wildman–Crippen LogP) is 8.40. The number of methoxy groups -OCH3 is 1. The number of pyridine rings is 1. The summed E-state index contributed by atoms with van der Waals surface area (Å²) >= 11 is 2.11. The van der Waals surface area contributed by atoms with Crippen LogP contribution in [0.15, 0.2) is 102 Å². The number of carbonyl (C=O) groups excluding carboxylic acids is 2. The summed E-state index contributed by atoms with van der Waals surface area (Å²) in [7, 11) is 1.54. The van der Waals surface area contributed by atoms with Gasteiger partial charge in [0.15, 0.2) is 11.5 Å². The monoisotopic (exact) mass is 767 g/mol. The molecule has 4 aromatic rings. The van der Waals surface area contributed by atoms with Crippen LogP contribution in [-0.2, 0) is 14.3 Å². The standard InChI is InChI=1S/C40H38IN3O5/c1-3-25-22-30-37(40(47)44(39(30)46)29-15-13-28(14-16-29)43-27-9-5-4-6-10-27)31-23-49-34(36(25)31)17-12-26(33-11-7-8-18-42-33)19-24-20-32(41)38(45)35(21-24)48-2/h4-11,13-16,18-21,30-31,34,37,43,45H,3,12,17,22-23H2,1-2H3/b26-19-/t30-,31+,34-,37-/m1/s1. The Bertz CT molecular complexity index is 1930. The number of para-hydroxylation sites is 1. The Morgan fingerprint density at radius 1 is 1.02 bits per heavy atom. The number of aromatic hydroxyl groups is 1. The first-order valence-electron chi connectivity index (χ1n) is 16.7. The van der Waals surface area contributed by atoms with Crippen LogP contribution in [-0.4, -0.2) is 41.7 Å². The van der Waals surface area contributed by atoms with E-state index in [9.17, 15) is 14.7 Å². The van der Waals surface area contributed by atoms with Crippen molar-refractivity contribution < 1.29 is 24.2 Å². The van der Waals surface area contributed by atoms with E-state index < -0.39 is 5.92 Å². The Balaban J connectivity index is 1.11. The first-order valence-corrected chi connectivity index (χ1v) is 17.8. The molecular weight excluding hydrogens is 729 g/mol. The number of phenolic OH excluding ortho intramolecular Hbond substituents is 1. The maximum Gasteiger partial charge on any atom is 0.238 e. The number of halogens is 1. The highest BCUT2D eigenvalue weighted by Gasteiger charge is 2.57. The number of ether oxygens (including phenoxy) is 2. The fourth-order valence-corrected chi connectivity index (χ4v) is 8.22. The van der Waals surface area contributed by atoms with Gasteiger partial charge in [-0.15, -0.1) is 0 Å². The number of fused-ring (bicyclic) bond motifs is 3. The number of allylic oxidation sites excluding steroid dienone is 2. The smallest absolute Gasteiger partial charge is 0.238 e. The van der Waals surface area contributed by atoms with Crippen molar-refractivity contribution in [1.82, 2.24) is 4.98 Å². The molecule has 49 heavy (non-hydrogen) atoms. The van der Waals surface area contributed by atoms with Crippen molar-refractivity contribution >= 4 is 63.1 Å². The Morgan fingerprint density at radius 3 is 2.49 bits per heavy atom. The molecule has 4 atom stereocenters. The molecule has 2 N–H and O–H groups in total. The lowest BCUT2D eigenvalue weighted by atomic mass is 9.69. The number of rotatable bonds is 10. The Kier molecular flexibility index (Phi) is 9.55. The van der Waals surface area contributed by atoms with Crippen LogP contribution >= 0.6 is 22.6 Å². The summed E-state index contributed by atoms with van der Waals surface area (Å²) in [5, 5.41) is 13.7. The number of amides is 2. The Hall–Kier alpha value is -4.48. The second-order valence-corrected chi connectivity index (χ2v) is 13.9. The first-order chi connectivity index (χ1) is 23.9. The van der Waals surface area contributed by atoms with Crippen LogP contribution in [0.2, 0.25) is 0 Å². The van der Waals surface area contributed by atoms with Crippen molar-refractivity contribution in [2.45, 2.75) is 38.7 Å². The van der Waals surface area contributed by atoms with Gasteiger partial charge in [-0.3, -0.25) is 19.5 Å². The van der Waals surface area contributed by atoms with Gasteiger partial charge in [-0.25, -0.2) is 0 Å². The molecule has 3 aromatic carbocycles. The van der Waals surface area contributed by atoms with E-state index >= 15 is 0 Å². The molecule has 0 spiro atoms. The minimum Gasteiger partial charge on any atom is -0.504 e. The molecule has 8 nitrogen and oxygen atoms in total. The number of nitrogens with zero attached hydrogens (tertiary/aromatic N) is 2. The van der Waals surface area contributed by atoms with E-state index in [1.165, 1.54) is 16.0 Å². The lowest BCUT2D eigenvalue weighted by molar-refractivity contribution is -0.122. The molecule has 0 saturated carbocycles. The van der Waals surface area contributed by atoms with Gasteiger partial charge in [-0.05, 0) is 132 Å². The van der Waals surface area contributed by atoms with E-state index in [4.69, 9.17) is 9.47 Å². The molecule has 2 aliphatic heterocycles. The molecule has 0 radical (unpaired) electrons. The molecule has 2 fully saturated rings. The van der Waals surface area contributed by atoms with Crippen LogP contribution < -0.4 is 15.0 Å². The largest absolute Gasteiger partial charge is 0.504 e. The normalized spacial score (nSPS) is 21.9. The SMILES string of the molecule is CCC1=C2[C@@H](CC/C(=C/c3cc(I)c(O)c(OC)c3)c3ccccn3)OC[C@@H]2[C@@H]2C(=O)N(c3ccc(Nc4ccccc4)cc3)C(=O)[C@@H]2C1. The van der Waals surface area contributed by atoms with Crippen molar-refractivity contribution in [2.24, 2.45) is 17.8 Å². The van der Waals surface area contributed by atoms with Crippen molar-refractivity contribution in [1.29, 1.82) is 0 Å². The molecule has 1 aliphatic carbocycles. The second kappa shape index (κ2) is 14.2. The van der Waals surface area contributed by atoms with Crippen molar-refractivity contribution in [2.75, 3.05) is 23.9 Å². The molecule has 3 heterocycles. The summed E-state index contributed by atoms with van der Waals surface area (Å²) in [6.45, 7) is 2.55. The minimum atomic E-state index is -0.428. The summed E-state index contributed by atoms with van der Waals surface area (Å²) in [5.74, 6) is -0.643. The third-order valence-electron chi connectivity index (χ3n) is 9.90. The number of imide groups is 1. The molecule has 3 aliphatic rings. The molecule has 7 rings (SSSR count). The topological polar surface area (TPSA) is 101 Å². The maximum absolute atomic E-state index is 14.1. The average Bonchev–Trinajstić information content (AvgIpc) is 3.66. The number of nitrogens with one attached hydrogen (secondary N) is 1. The summed E-state index contributed by atoms with van der Waals surface area (Å²) in [6.07, 6.45) is 6.51. The van der Waals surface area contributed by atoms with Crippen LogP contribution in [0.4, 0.5) is 17.1 Å². The third kappa shape index (κ3) is 6.49. The van der Waals surface area contributed by atoms with Gasteiger partial charge in [-0.1, -0.05) is 36.8 Å². The van der Waals surface area contributed by atoms with Gasteiger partial charge in [0, 0.05) is 23.5 Å². The summed E-state index contributed by atoms with van der Waals surface area (Å²) in [4.78, 5) is 34.0. The van der Waals surface area contributed by atoms with Gasteiger partial charge in [0.25, 0.3) is 0 Å². The van der Waals surface area contributed by atoms with E-state index in [0.717, 1.165) is 34.6 Å². The van der Waals surface area contributed by atoms with Crippen LogP contribution in [0.25, 0.3) is 11.6 Å². The summed E-state index contributed by atoms with van der Waals surface area (Å²) in [5.41, 5.74) is 7.69. The van der Waals surface area contributed by atoms with Crippen LogP contribution in [0.5, 0.6) is 11.5 Å². The molecule has 2 saturated heterocycles. The van der Waals surface area contributed by atoms with Crippen LogP contribution in [0.3, 0.4) is 0 Å². The van der Waals surface area contributed by atoms with Gasteiger partial charge in [0.05, 0.1) is 46.6 Å². The molecular formula is C40H38IN3O5. The zero-order valence-electron chi connectivity index (χ0n) is 27.4. The highest BCUT2D eigenvalue weighted by Crippen LogP contribution is 2.51. The number of phenols is 1. The number of aromatic nitrogens is 1. The van der Waals surface area contributed by atoms with E-state index in [1.807, 2.05) is 84.9 Å². The van der Waals surface area contributed by atoms with Gasteiger partial charge in [0.1, 0.15) is 0 Å². The lowest BCUT2D eigenvalue weighted by Gasteiger charge is -2.31. The van der Waals surface area contributed by atoms with Crippen LogP contribution in [0.1, 0.15) is 43.9 Å². The summed E-state index contributed by atoms with van der Waals surface area (Å²) in [6, 6.07) is 27.0. The Morgan fingerprint density at radius 2 is 1.78 bits per heavy atom. The lowest BCUT2D eigenvalue weighted by Crippen LogP contribution is -2.34. The number of hydrogen-bond acceptors (Lipinski definition) is 7. The first kappa shape index (κ1) is 33.0. The van der Waals surface area contributed by atoms with Crippen molar-refractivity contribution in [3.8, 4) is 11.5 Å². The van der Waals surface area contributed by atoms with Crippen molar-refractivity contribution in [3.05, 3.63) is 117 Å². The number of carbonyl (C=O) groups is 2. The maximum atomic E-state index is 14.1. The van der Waals surface area contributed by atoms with E-state index in [1.54, 1.807) is 13.3 Å². The van der Waals surface area contributed by atoms with Gasteiger partial charge < -0.3 is 19.9 Å². The molecule has 250 valence electrons. The molecule has 0 bridgehead atoms. The third-order valence-corrected chi connectivity index (χ3v) is 10.7. The molecule has 2 amide bonds. The number of hydrogen-bond donors (Lipinski definition) is 2. The van der Waals surface area contributed by atoms with Crippen LogP contribution in [0, 0.1) is 21.3 Å². The highest BCUT2D eigenvalue weighted by molar-refractivity contribution is 14.1. The zero-order chi connectivity index (χ0) is 34.1. The van der Waals surface area contributed by atoms with Gasteiger partial charge in [0.2, 0.25) is 11.8 Å². The number of benzene rings is 3. The van der Waals surface area contributed by atoms with Crippen molar-refractivity contribution in [3.63, 3.8) is 0 Å². The molecule has 0 unspecified atom stereocenters. The van der Waals surface area contributed by atoms with E-state index in [-0.39, 0.29) is 35.5 Å². The minimum absolute atomic E-state index is 0.119. The predicted molar refractivity (Wildman–Crippen MR) is 200 cm³/mol. The highest BCUT2D eigenvalue weighted by atomic mass is 127. The van der Waals surface area contributed by atoms with E-state index in [0.29, 0.717) is 40.9 Å². The van der Waals surface area contributed by atoms with Gasteiger partial charge >= 0.3 is 0 Å². The Labute approximate surface area is 300 Å². The number of anilines is 3. The quantitative estimate of drug-likeness (QED) is 0.0950. The molecule has 9 heteroatoms. The fourth-order valence-electron chi connectivity index (χ4n) is 7.60. The second-order valence-electron chi connectivity index (χ2n) is 12.7. The average molecular weight is 768 g/mol. The van der Waals surface area contributed by atoms with Gasteiger partial charge in [-0.2, -0.15) is 0 Å². The summed E-state index contributed by atoms with van der Waals surface area (Å²) < 4.78 is 12.6. The fraction of sp³-hybridized carbons (Fsp3) is 0.275. The zero-order valence-corrected chi connectivity index (χ0v) is 29.6. The molecule has 1 aromatic heterocycles. The van der Waals surface area contributed by atoms with E-state index in [2.05, 4.69) is 45.9 Å².